The fourth-order valence-corrected chi connectivity index (χ4v) is 4.69. The van der Waals surface area contributed by atoms with E-state index in [0.29, 0.717) is 6.04 Å². The van der Waals surface area contributed by atoms with E-state index in [9.17, 15) is 0 Å². The van der Waals surface area contributed by atoms with Crippen LogP contribution in [0, 0.1) is 11.8 Å². The summed E-state index contributed by atoms with van der Waals surface area (Å²) < 4.78 is 1.26. The van der Waals surface area contributed by atoms with Crippen LogP contribution in [-0.2, 0) is 6.54 Å². The molecule has 0 bridgehead atoms. The predicted octanol–water partition coefficient (Wildman–Crippen LogP) is 3.10. The summed E-state index contributed by atoms with van der Waals surface area (Å²) >= 11 is 5.45. The molecule has 17 heavy (non-hydrogen) atoms. The highest BCUT2D eigenvalue weighted by Gasteiger charge is 2.40. The molecule has 0 spiro atoms. The van der Waals surface area contributed by atoms with Crippen LogP contribution in [0.5, 0.6) is 0 Å². The normalized spacial score (nSPS) is 32.5. The van der Waals surface area contributed by atoms with Crippen LogP contribution in [0.3, 0.4) is 0 Å². The Morgan fingerprint density at radius 2 is 2.24 bits per heavy atom. The molecule has 1 aromatic heterocycles. The first-order valence-electron chi connectivity index (χ1n) is 5.94. The summed E-state index contributed by atoms with van der Waals surface area (Å²) in [5.41, 5.74) is 6.15. The van der Waals surface area contributed by atoms with Crippen LogP contribution in [0.1, 0.15) is 17.7 Å². The third-order valence-electron chi connectivity index (χ3n) is 4.05. The maximum Gasteiger partial charge on any atom is 0.0339 e. The topological polar surface area (TPSA) is 29.3 Å². The zero-order chi connectivity index (χ0) is 11.1. The Balaban J connectivity index is 0.00000108. The molecule has 3 unspecified atom stereocenters. The summed E-state index contributed by atoms with van der Waals surface area (Å²) in [6.07, 6.45) is 2.58. The van der Waals surface area contributed by atoms with Crippen LogP contribution in [-0.4, -0.2) is 24.0 Å². The van der Waals surface area contributed by atoms with Crippen molar-refractivity contribution >= 4 is 39.7 Å². The van der Waals surface area contributed by atoms with Crippen LogP contribution in [0.2, 0.25) is 0 Å². The van der Waals surface area contributed by atoms with E-state index in [0.717, 1.165) is 18.4 Å². The summed E-state index contributed by atoms with van der Waals surface area (Å²) in [5.74, 6) is 1.63. The first-order chi connectivity index (χ1) is 7.74. The second-order valence-electron chi connectivity index (χ2n) is 5.05. The predicted molar refractivity (Wildman–Crippen MR) is 78.7 cm³/mol. The Bertz CT molecular complexity index is 384. The van der Waals surface area contributed by atoms with Gasteiger partial charge in [-0.2, -0.15) is 0 Å². The Kier molecular flexibility index (Phi) is 4.53. The first-order valence-corrected chi connectivity index (χ1v) is 7.61. The molecule has 96 valence electrons. The zero-order valence-corrected chi connectivity index (χ0v) is 12.9. The molecule has 1 aliphatic heterocycles. The van der Waals surface area contributed by atoms with Crippen LogP contribution < -0.4 is 5.73 Å². The molecule has 2 fully saturated rings. The fraction of sp³-hybridized carbons (Fsp3) is 0.667. The summed E-state index contributed by atoms with van der Waals surface area (Å²) in [4.78, 5) is 4.03. The molecule has 0 radical (unpaired) electrons. The van der Waals surface area contributed by atoms with Crippen molar-refractivity contribution in [3.8, 4) is 0 Å². The Morgan fingerprint density at radius 1 is 1.41 bits per heavy atom. The van der Waals surface area contributed by atoms with Crippen LogP contribution in [0.25, 0.3) is 0 Å². The van der Waals surface area contributed by atoms with Gasteiger partial charge in [0.25, 0.3) is 0 Å². The van der Waals surface area contributed by atoms with Crippen LogP contribution in [0.4, 0.5) is 0 Å². The standard InChI is InChI=1S/C12H17BrN2S.ClH/c13-10-3-4-16-12(10)7-15-5-8-1-2-11(14)9(8)6-15;/h3-4,8-9,11H,1-2,5-7,14H2;1H. The number of nitrogens with two attached hydrogens (primary N) is 1. The van der Waals surface area contributed by atoms with Crippen LogP contribution >= 0.6 is 39.7 Å². The Morgan fingerprint density at radius 3 is 2.88 bits per heavy atom. The summed E-state index contributed by atoms with van der Waals surface area (Å²) in [5, 5.41) is 2.15. The highest BCUT2D eigenvalue weighted by Crippen LogP contribution is 2.38. The Labute approximate surface area is 121 Å². The number of likely N-dealkylation sites (tertiary alicyclic amines) is 1. The monoisotopic (exact) mass is 336 g/mol. The fourth-order valence-electron chi connectivity index (χ4n) is 3.17. The molecule has 2 nitrogen and oxygen atoms in total. The van der Waals surface area contributed by atoms with E-state index in [1.165, 1.54) is 35.3 Å². The van der Waals surface area contributed by atoms with E-state index in [4.69, 9.17) is 5.73 Å². The lowest BCUT2D eigenvalue weighted by Crippen LogP contribution is -2.30. The van der Waals surface area contributed by atoms with Crippen molar-refractivity contribution in [1.29, 1.82) is 0 Å². The van der Waals surface area contributed by atoms with E-state index in [2.05, 4.69) is 32.3 Å². The van der Waals surface area contributed by atoms with Crippen molar-refractivity contribution < 1.29 is 0 Å². The lowest BCUT2D eigenvalue weighted by atomic mass is 9.98. The molecular weight excluding hydrogens is 320 g/mol. The van der Waals surface area contributed by atoms with Gasteiger partial charge < -0.3 is 5.73 Å². The maximum atomic E-state index is 6.15. The van der Waals surface area contributed by atoms with Crippen molar-refractivity contribution in [3.05, 3.63) is 20.8 Å². The largest absolute Gasteiger partial charge is 0.327 e. The molecule has 2 aliphatic rings. The maximum absolute atomic E-state index is 6.15. The van der Waals surface area contributed by atoms with Gasteiger partial charge in [0.15, 0.2) is 0 Å². The number of hydrogen-bond donors (Lipinski definition) is 1. The molecule has 1 saturated carbocycles. The zero-order valence-electron chi connectivity index (χ0n) is 9.64. The molecule has 2 heterocycles. The van der Waals surface area contributed by atoms with Gasteiger partial charge in [0.2, 0.25) is 0 Å². The van der Waals surface area contributed by atoms with Gasteiger partial charge in [-0.3, -0.25) is 4.90 Å². The molecule has 3 rings (SSSR count). The average Bonchev–Trinajstić information content (AvgIpc) is 2.90. The molecule has 1 saturated heterocycles. The van der Waals surface area contributed by atoms with Gasteiger partial charge in [-0.05, 0) is 52.1 Å². The second-order valence-corrected chi connectivity index (χ2v) is 6.91. The minimum Gasteiger partial charge on any atom is -0.327 e. The smallest absolute Gasteiger partial charge is 0.0339 e. The molecular formula is C12H18BrClN2S. The van der Waals surface area contributed by atoms with Gasteiger partial charge in [-0.1, -0.05) is 0 Å². The van der Waals surface area contributed by atoms with E-state index < -0.39 is 0 Å². The van der Waals surface area contributed by atoms with E-state index in [1.54, 1.807) is 0 Å². The van der Waals surface area contributed by atoms with Gasteiger partial charge in [-0.25, -0.2) is 0 Å². The average molecular weight is 338 g/mol. The number of thiophene rings is 1. The highest BCUT2D eigenvalue weighted by atomic mass is 79.9. The molecule has 0 amide bonds. The van der Waals surface area contributed by atoms with Gasteiger partial charge in [0.1, 0.15) is 0 Å². The van der Waals surface area contributed by atoms with E-state index in [1.807, 2.05) is 11.3 Å². The molecule has 3 atom stereocenters. The lowest BCUT2D eigenvalue weighted by molar-refractivity contribution is 0.300. The van der Waals surface area contributed by atoms with Crippen molar-refractivity contribution in [2.24, 2.45) is 17.6 Å². The number of halogens is 2. The molecule has 1 aromatic rings. The molecule has 0 aromatic carbocycles. The van der Waals surface area contributed by atoms with Gasteiger partial charge in [0, 0.05) is 35.0 Å². The van der Waals surface area contributed by atoms with Gasteiger partial charge >= 0.3 is 0 Å². The summed E-state index contributed by atoms with van der Waals surface area (Å²) in [6, 6.07) is 2.60. The molecule has 1 aliphatic carbocycles. The number of nitrogens with zero attached hydrogens (tertiary/aromatic N) is 1. The van der Waals surface area contributed by atoms with Gasteiger partial charge in [-0.15, -0.1) is 23.7 Å². The molecule has 5 heteroatoms. The van der Waals surface area contributed by atoms with Crippen LogP contribution in [0.15, 0.2) is 15.9 Å². The third-order valence-corrected chi connectivity index (χ3v) is 5.96. The van der Waals surface area contributed by atoms with Crippen molar-refractivity contribution in [3.63, 3.8) is 0 Å². The van der Waals surface area contributed by atoms with Gasteiger partial charge in [0.05, 0.1) is 0 Å². The van der Waals surface area contributed by atoms with Crippen molar-refractivity contribution in [1.82, 2.24) is 4.90 Å². The van der Waals surface area contributed by atoms with E-state index in [-0.39, 0.29) is 12.4 Å². The minimum absolute atomic E-state index is 0. The minimum atomic E-state index is 0. The first kappa shape index (κ1) is 13.8. The Hall–Kier alpha value is 0.390. The van der Waals surface area contributed by atoms with Crippen molar-refractivity contribution in [2.75, 3.05) is 13.1 Å². The van der Waals surface area contributed by atoms with Crippen molar-refractivity contribution in [2.45, 2.75) is 25.4 Å². The lowest BCUT2D eigenvalue weighted by Gasteiger charge is -2.17. The second kappa shape index (κ2) is 5.57. The number of fused-ring (bicyclic) bond motifs is 1. The number of rotatable bonds is 2. The summed E-state index contributed by atoms with van der Waals surface area (Å²) in [6.45, 7) is 3.55. The van der Waals surface area contributed by atoms with E-state index >= 15 is 0 Å². The summed E-state index contributed by atoms with van der Waals surface area (Å²) in [7, 11) is 0. The SMILES string of the molecule is Cl.NC1CCC2CN(Cc3sccc3Br)CC12. The third kappa shape index (κ3) is 2.71. The number of hydrogen-bond acceptors (Lipinski definition) is 3. The molecule has 2 N–H and O–H groups in total. The highest BCUT2D eigenvalue weighted by molar-refractivity contribution is 9.10. The quantitative estimate of drug-likeness (QED) is 0.898.